The smallest absolute Gasteiger partial charge is 0.255 e. The largest absolute Gasteiger partial charge is 0.384 e. The lowest BCUT2D eigenvalue weighted by Gasteiger charge is -2.29. The third-order valence-electron chi connectivity index (χ3n) is 5.48. The number of piperidine rings is 1. The van der Waals surface area contributed by atoms with Gasteiger partial charge in [-0.25, -0.2) is 4.68 Å². The number of benzene rings is 1. The Kier molecular flexibility index (Phi) is 3.91. The molecule has 1 fully saturated rings. The summed E-state index contributed by atoms with van der Waals surface area (Å²) in [6.45, 7) is 0.252. The molecule has 3 N–H and O–H groups in total. The molecule has 0 aliphatic carbocycles. The summed E-state index contributed by atoms with van der Waals surface area (Å²) in [5.41, 5.74) is 8.94. The maximum absolute atomic E-state index is 13.0. The molecule has 0 saturated carbocycles. The van der Waals surface area contributed by atoms with Crippen molar-refractivity contribution in [2.24, 2.45) is 7.05 Å². The summed E-state index contributed by atoms with van der Waals surface area (Å²) >= 11 is 0. The number of anilines is 1. The van der Waals surface area contributed by atoms with Crippen LogP contribution >= 0.6 is 0 Å². The molecule has 0 bridgehead atoms. The minimum atomic E-state index is -0.668. The molecule has 1 aromatic carbocycles. The average Bonchev–Trinajstić information content (AvgIpc) is 3.41. The van der Waals surface area contributed by atoms with Crippen LogP contribution in [0.15, 0.2) is 30.5 Å². The summed E-state index contributed by atoms with van der Waals surface area (Å²) in [5, 5.41) is 15.0. The van der Waals surface area contributed by atoms with Gasteiger partial charge in [0.25, 0.3) is 5.91 Å². The van der Waals surface area contributed by atoms with Crippen molar-refractivity contribution in [2.75, 3.05) is 5.73 Å². The second-order valence-electron chi connectivity index (χ2n) is 7.33. The number of amides is 3. The summed E-state index contributed by atoms with van der Waals surface area (Å²) in [4.78, 5) is 38.2. The Hall–Kier alpha value is -4.02. The van der Waals surface area contributed by atoms with Crippen LogP contribution in [-0.4, -0.2) is 53.4 Å². The van der Waals surface area contributed by atoms with Crippen LogP contribution in [0, 0.1) is 0 Å². The quantitative estimate of drug-likeness (QED) is 0.584. The monoisotopic (exact) mass is 406 g/mol. The maximum atomic E-state index is 13.0. The van der Waals surface area contributed by atoms with E-state index in [1.54, 1.807) is 40.8 Å². The lowest BCUT2D eigenvalue weighted by atomic mass is 10.0. The van der Waals surface area contributed by atoms with Gasteiger partial charge in [-0.05, 0) is 18.6 Å². The van der Waals surface area contributed by atoms with Crippen molar-refractivity contribution in [3.63, 3.8) is 0 Å². The Bertz CT molecular complexity index is 1190. The van der Waals surface area contributed by atoms with E-state index < -0.39 is 11.9 Å². The van der Waals surface area contributed by atoms with Gasteiger partial charge in [0.1, 0.15) is 23.2 Å². The molecule has 4 heterocycles. The van der Waals surface area contributed by atoms with Crippen LogP contribution in [0.1, 0.15) is 28.8 Å². The van der Waals surface area contributed by atoms with E-state index in [-0.39, 0.29) is 24.8 Å². The number of hydrogen-bond acceptors (Lipinski definition) is 7. The van der Waals surface area contributed by atoms with Crippen LogP contribution < -0.4 is 11.1 Å². The predicted octanol–water partition coefficient (Wildman–Crippen LogP) is 0.0110. The molecular weight excluding hydrogens is 388 g/mol. The topological polar surface area (TPSA) is 141 Å². The number of nitrogens with two attached hydrogens (primary N) is 1. The minimum Gasteiger partial charge on any atom is -0.384 e. The van der Waals surface area contributed by atoms with Crippen molar-refractivity contribution >= 4 is 23.5 Å². The Morgan fingerprint density at radius 3 is 2.77 bits per heavy atom. The van der Waals surface area contributed by atoms with Gasteiger partial charge in [-0.3, -0.25) is 24.4 Å². The normalized spacial score (nSPS) is 18.6. The average molecular weight is 406 g/mol. The van der Waals surface area contributed by atoms with Gasteiger partial charge in [0, 0.05) is 37.2 Å². The third kappa shape index (κ3) is 2.74. The first kappa shape index (κ1) is 18.0. The Morgan fingerprint density at radius 2 is 2.03 bits per heavy atom. The number of rotatable bonds is 3. The molecule has 1 atom stereocenters. The van der Waals surface area contributed by atoms with E-state index in [1.165, 1.54) is 4.90 Å². The highest BCUT2D eigenvalue weighted by Crippen LogP contribution is 2.31. The summed E-state index contributed by atoms with van der Waals surface area (Å²) < 4.78 is 3.13. The van der Waals surface area contributed by atoms with Crippen molar-refractivity contribution in [2.45, 2.75) is 25.4 Å². The van der Waals surface area contributed by atoms with Crippen molar-refractivity contribution in [1.29, 1.82) is 0 Å². The molecule has 3 aromatic rings. The Morgan fingerprint density at radius 1 is 1.20 bits per heavy atom. The highest BCUT2D eigenvalue weighted by molar-refractivity contribution is 6.05. The van der Waals surface area contributed by atoms with Gasteiger partial charge < -0.3 is 10.6 Å². The fraction of sp³-hybridized carbons (Fsp3) is 0.263. The lowest BCUT2D eigenvalue weighted by molar-refractivity contribution is -0.136. The van der Waals surface area contributed by atoms with Gasteiger partial charge in [0.15, 0.2) is 0 Å². The zero-order chi connectivity index (χ0) is 21.0. The van der Waals surface area contributed by atoms with Crippen molar-refractivity contribution < 1.29 is 14.4 Å². The molecule has 0 spiro atoms. The van der Waals surface area contributed by atoms with Crippen molar-refractivity contribution in [3.05, 3.63) is 41.6 Å². The summed E-state index contributed by atoms with van der Waals surface area (Å²) in [5.74, 6) is -0.485. The number of aromatic nitrogens is 5. The third-order valence-corrected chi connectivity index (χ3v) is 5.48. The Balaban J connectivity index is 1.48. The van der Waals surface area contributed by atoms with Gasteiger partial charge in [-0.2, -0.15) is 5.10 Å². The van der Waals surface area contributed by atoms with Crippen molar-refractivity contribution in [1.82, 2.24) is 35.0 Å². The van der Waals surface area contributed by atoms with E-state index in [0.29, 0.717) is 34.9 Å². The molecule has 0 radical (unpaired) electrons. The second-order valence-corrected chi connectivity index (χ2v) is 7.33. The highest BCUT2D eigenvalue weighted by atomic mass is 16.2. The number of nitrogen functional groups attached to an aromatic ring is 1. The fourth-order valence-electron chi connectivity index (χ4n) is 3.89. The van der Waals surface area contributed by atoms with E-state index in [0.717, 1.165) is 5.56 Å². The Labute approximate surface area is 170 Å². The van der Waals surface area contributed by atoms with Crippen LogP contribution in [0.5, 0.6) is 0 Å². The number of nitrogens with zero attached hydrogens (tertiary/aromatic N) is 6. The number of nitrogens with one attached hydrogen (secondary N) is 1. The van der Waals surface area contributed by atoms with Gasteiger partial charge in [-0.15, -0.1) is 5.10 Å². The molecule has 2 aliphatic rings. The molecule has 30 heavy (non-hydrogen) atoms. The first-order valence-electron chi connectivity index (χ1n) is 9.41. The fourth-order valence-corrected chi connectivity index (χ4v) is 3.89. The number of carbonyl (C=O) groups excluding carboxylic acids is 3. The minimum absolute atomic E-state index is 0.211. The number of imide groups is 1. The molecule has 152 valence electrons. The first-order valence-corrected chi connectivity index (χ1v) is 9.41. The summed E-state index contributed by atoms with van der Waals surface area (Å²) in [6.07, 6.45) is 2.24. The summed E-state index contributed by atoms with van der Waals surface area (Å²) in [6, 6.07) is 6.37. The lowest BCUT2D eigenvalue weighted by Crippen LogP contribution is -2.52. The molecule has 1 unspecified atom stereocenters. The molecule has 11 nitrogen and oxygen atoms in total. The van der Waals surface area contributed by atoms with Gasteiger partial charge in [-0.1, -0.05) is 11.3 Å². The van der Waals surface area contributed by atoms with Crippen LogP contribution in [0.4, 0.5) is 5.82 Å². The number of hydrogen-bond donors (Lipinski definition) is 2. The van der Waals surface area contributed by atoms with Crippen LogP contribution in [0.3, 0.4) is 0 Å². The van der Waals surface area contributed by atoms with Crippen LogP contribution in [-0.2, 0) is 23.2 Å². The zero-order valence-electron chi connectivity index (χ0n) is 16.1. The SMILES string of the molecule is Cn1nc(-c2cn(-c3cccc4c3CN(C3CCC(=O)NC3=O)C4=O)nn2)cc1N. The van der Waals surface area contributed by atoms with E-state index in [2.05, 4.69) is 20.7 Å². The van der Waals surface area contributed by atoms with Gasteiger partial charge >= 0.3 is 0 Å². The standard InChI is InChI=1S/C19H18N8O3/c1-25-16(20)7-12(23-25)13-9-27(24-22-13)14-4-2-3-10-11(14)8-26(19(10)30)15-5-6-17(28)21-18(15)29/h2-4,7,9,15H,5-6,8,20H2,1H3,(H,21,28,29). The maximum Gasteiger partial charge on any atom is 0.255 e. The zero-order valence-corrected chi connectivity index (χ0v) is 16.1. The molecular formula is C19H18N8O3. The van der Waals surface area contributed by atoms with Crippen molar-refractivity contribution in [3.8, 4) is 17.1 Å². The molecule has 2 aliphatic heterocycles. The van der Waals surface area contributed by atoms with E-state index in [4.69, 9.17) is 5.73 Å². The predicted molar refractivity (Wildman–Crippen MR) is 104 cm³/mol. The molecule has 3 amide bonds. The first-order chi connectivity index (χ1) is 14.4. The molecule has 1 saturated heterocycles. The number of fused-ring (bicyclic) bond motifs is 1. The second kappa shape index (κ2) is 6.51. The molecule has 2 aromatic heterocycles. The van der Waals surface area contributed by atoms with Crippen LogP contribution in [0.2, 0.25) is 0 Å². The van der Waals surface area contributed by atoms with E-state index in [1.807, 2.05) is 6.07 Å². The van der Waals surface area contributed by atoms with Gasteiger partial charge in [0.05, 0.1) is 11.9 Å². The molecule has 5 rings (SSSR count). The number of aryl methyl sites for hydroxylation is 1. The highest BCUT2D eigenvalue weighted by Gasteiger charge is 2.40. The van der Waals surface area contributed by atoms with Crippen LogP contribution in [0.25, 0.3) is 17.1 Å². The van der Waals surface area contributed by atoms with E-state index >= 15 is 0 Å². The van der Waals surface area contributed by atoms with Gasteiger partial charge in [0.2, 0.25) is 11.8 Å². The number of carbonyl (C=O) groups is 3. The summed E-state index contributed by atoms with van der Waals surface area (Å²) in [7, 11) is 1.74. The van der Waals surface area contributed by atoms with E-state index in [9.17, 15) is 14.4 Å². The molecule has 11 heteroatoms.